The molecule has 10 heteroatoms. The highest BCUT2D eigenvalue weighted by atomic mass is 31.2. The minimum Gasteiger partial charge on any atom is -0.461 e. The van der Waals surface area contributed by atoms with Crippen molar-refractivity contribution in [3.8, 4) is 0 Å². The van der Waals surface area contributed by atoms with Crippen LogP contribution in [0.15, 0.2) is 30.3 Å². The molecule has 2 aliphatic heterocycles. The number of ether oxygens (including phenoxy) is 2. The third kappa shape index (κ3) is 8.58. The highest BCUT2D eigenvalue weighted by Crippen LogP contribution is 2.54. The zero-order valence-electron chi connectivity index (χ0n) is 29.9. The molecule has 45 heavy (non-hydrogen) atoms. The lowest BCUT2D eigenvalue weighted by atomic mass is 9.77. The molecule has 0 saturated carbocycles. The van der Waals surface area contributed by atoms with Gasteiger partial charge in [0.15, 0.2) is 5.41 Å². The molecule has 0 atom stereocenters. The highest BCUT2D eigenvalue weighted by molar-refractivity contribution is 7.54. The van der Waals surface area contributed by atoms with E-state index in [9.17, 15) is 14.2 Å². The van der Waals surface area contributed by atoms with E-state index in [-0.39, 0.29) is 41.8 Å². The summed E-state index contributed by atoms with van der Waals surface area (Å²) in [5.74, 6) is -1.49. The van der Waals surface area contributed by atoms with E-state index in [1.807, 2.05) is 30.3 Å². The fraction of sp³-hybridized carbons (Fsp3) is 0.771. The monoisotopic (exact) mass is 650 g/mol. The van der Waals surface area contributed by atoms with Crippen molar-refractivity contribution in [1.82, 2.24) is 9.80 Å². The van der Waals surface area contributed by atoms with Crippen LogP contribution >= 0.6 is 7.60 Å². The van der Waals surface area contributed by atoms with Crippen molar-refractivity contribution in [2.75, 3.05) is 33.5 Å². The van der Waals surface area contributed by atoms with Crippen molar-refractivity contribution in [2.45, 2.75) is 136 Å². The third-order valence-electron chi connectivity index (χ3n) is 10.3. The van der Waals surface area contributed by atoms with Gasteiger partial charge in [-0.3, -0.25) is 24.0 Å². The summed E-state index contributed by atoms with van der Waals surface area (Å²) < 4.78 is 38.4. The van der Waals surface area contributed by atoms with Gasteiger partial charge < -0.3 is 18.5 Å². The largest absolute Gasteiger partial charge is 0.461 e. The summed E-state index contributed by atoms with van der Waals surface area (Å²) in [4.78, 5) is 34.1. The molecule has 3 rings (SSSR count). The fourth-order valence-electron chi connectivity index (χ4n) is 7.46. The Labute approximate surface area is 272 Å². The van der Waals surface area contributed by atoms with Crippen molar-refractivity contribution in [1.29, 1.82) is 0 Å². The minimum atomic E-state index is -3.93. The molecule has 1 aromatic rings. The molecule has 0 N–H and O–H groups in total. The van der Waals surface area contributed by atoms with E-state index in [1.165, 1.54) is 0 Å². The Bertz CT molecular complexity index is 1130. The van der Waals surface area contributed by atoms with Crippen LogP contribution in [0.4, 0.5) is 0 Å². The second kappa shape index (κ2) is 13.8. The van der Waals surface area contributed by atoms with Crippen molar-refractivity contribution < 1.29 is 32.7 Å². The van der Waals surface area contributed by atoms with Crippen molar-refractivity contribution in [3.63, 3.8) is 0 Å². The van der Waals surface area contributed by atoms with E-state index in [0.717, 1.165) is 5.56 Å². The third-order valence-corrected chi connectivity index (χ3v) is 12.6. The van der Waals surface area contributed by atoms with Gasteiger partial charge in [0.1, 0.15) is 12.2 Å². The molecule has 0 spiro atoms. The first kappa shape index (κ1) is 37.7. The van der Waals surface area contributed by atoms with Crippen molar-refractivity contribution in [2.24, 2.45) is 5.41 Å². The van der Waals surface area contributed by atoms with E-state index < -0.39 is 43.3 Å². The van der Waals surface area contributed by atoms with Crippen LogP contribution in [0.25, 0.3) is 0 Å². The maximum atomic E-state index is 14.7. The molecule has 0 aliphatic carbocycles. The van der Waals surface area contributed by atoms with E-state index in [2.05, 4.69) is 79.3 Å². The Morgan fingerprint density at radius 3 is 1.42 bits per heavy atom. The van der Waals surface area contributed by atoms with Gasteiger partial charge in [0.2, 0.25) is 0 Å². The molecule has 256 valence electrons. The van der Waals surface area contributed by atoms with Crippen LogP contribution < -0.4 is 0 Å². The topological polar surface area (TPSA) is 94.6 Å². The van der Waals surface area contributed by atoms with Crippen molar-refractivity contribution >= 4 is 19.5 Å². The molecule has 0 amide bonds. The number of likely N-dealkylation sites (tertiary alicyclic amines) is 2. The normalized spacial score (nSPS) is 22.6. The zero-order valence-corrected chi connectivity index (χ0v) is 30.8. The van der Waals surface area contributed by atoms with Gasteiger partial charge in [-0.15, -0.1) is 0 Å². The quantitative estimate of drug-likeness (QED) is 0.136. The van der Waals surface area contributed by atoms with E-state index in [0.29, 0.717) is 25.7 Å². The van der Waals surface area contributed by atoms with E-state index in [1.54, 1.807) is 13.8 Å². The summed E-state index contributed by atoms with van der Waals surface area (Å²) in [7, 11) is 0.235. The van der Waals surface area contributed by atoms with E-state index in [4.69, 9.17) is 18.5 Å². The van der Waals surface area contributed by atoms with Gasteiger partial charge in [0, 0.05) is 47.8 Å². The van der Waals surface area contributed by atoms with Crippen LogP contribution in [-0.4, -0.2) is 89.6 Å². The molecule has 2 aliphatic rings. The molecule has 2 saturated heterocycles. The Balaban J connectivity index is 2.12. The molecule has 0 aromatic heterocycles. The predicted octanol–water partition coefficient (Wildman–Crippen LogP) is 6.87. The lowest BCUT2D eigenvalue weighted by Crippen LogP contribution is -2.61. The average molecular weight is 651 g/mol. The Hall–Kier alpha value is -1.77. The first-order valence-corrected chi connectivity index (χ1v) is 18.2. The van der Waals surface area contributed by atoms with Gasteiger partial charge in [-0.25, -0.2) is 0 Å². The molecule has 2 heterocycles. The summed E-state index contributed by atoms with van der Waals surface area (Å²) >= 11 is 0. The molecule has 9 nitrogen and oxygen atoms in total. The average Bonchev–Trinajstić information content (AvgIpc) is 2.90. The number of rotatable bonds is 12. The molecular weight excluding hydrogens is 591 g/mol. The number of esters is 2. The summed E-state index contributed by atoms with van der Waals surface area (Å²) in [6.07, 6.45) is 0.883. The molecule has 2 fully saturated rings. The van der Waals surface area contributed by atoms with Crippen LogP contribution in [-0.2, 0) is 39.1 Å². The standard InChI is InChI=1S/C35H59N2O7P/c1-13-41-45(40,42-14-2)25-35(20-26-18-16-15-17-19-26,29(38)43-27-21-31(3,4)36(11)32(5,6)22-27)30(39)44-28-23-33(7,8)37(12)34(9,10)24-28/h15-19,27-28H,13-14,20-25H2,1-12H3. The van der Waals surface area contributed by atoms with Crippen LogP contribution in [0.5, 0.6) is 0 Å². The van der Waals surface area contributed by atoms with Gasteiger partial charge in [-0.1, -0.05) is 30.3 Å². The van der Waals surface area contributed by atoms with E-state index >= 15 is 0 Å². The van der Waals surface area contributed by atoms with Crippen molar-refractivity contribution in [3.05, 3.63) is 35.9 Å². The summed E-state index contributed by atoms with van der Waals surface area (Å²) in [6, 6.07) is 9.28. The molecular formula is C35H59N2O7P. The number of carbonyl (C=O) groups is 2. The van der Waals surface area contributed by atoms with Gasteiger partial charge >= 0.3 is 19.5 Å². The number of carbonyl (C=O) groups excluding carboxylic acids is 2. The smallest absolute Gasteiger partial charge is 0.332 e. The fourth-order valence-corrected chi connectivity index (χ4v) is 9.54. The van der Waals surface area contributed by atoms with Gasteiger partial charge in [-0.2, -0.15) is 0 Å². The Morgan fingerprint density at radius 2 is 1.09 bits per heavy atom. The molecule has 0 radical (unpaired) electrons. The van der Waals surface area contributed by atoms with Gasteiger partial charge in [-0.05, 0) is 95.3 Å². The van der Waals surface area contributed by atoms with Crippen LogP contribution in [0.1, 0.15) is 100 Å². The maximum Gasteiger partial charge on any atom is 0.332 e. The number of hydrogen-bond acceptors (Lipinski definition) is 9. The lowest BCUT2D eigenvalue weighted by molar-refractivity contribution is -0.186. The van der Waals surface area contributed by atoms with Crippen LogP contribution in [0, 0.1) is 5.41 Å². The Morgan fingerprint density at radius 1 is 0.733 bits per heavy atom. The number of nitrogens with zero attached hydrogens (tertiary/aromatic N) is 2. The van der Waals surface area contributed by atoms with Crippen LogP contribution in [0.3, 0.4) is 0 Å². The molecule has 1 aromatic carbocycles. The maximum absolute atomic E-state index is 14.7. The second-order valence-corrected chi connectivity index (χ2v) is 17.6. The molecule has 0 unspecified atom stereocenters. The van der Waals surface area contributed by atoms with Gasteiger partial charge in [0.25, 0.3) is 0 Å². The Kier molecular flexibility index (Phi) is 11.5. The van der Waals surface area contributed by atoms with Gasteiger partial charge in [0.05, 0.1) is 19.4 Å². The SMILES string of the molecule is CCOP(=O)(CC(Cc1ccccc1)(C(=O)OC1CC(C)(C)N(C)C(C)(C)C1)C(=O)OC1CC(C)(C)N(C)C(C)(C)C1)OCC. The lowest BCUT2D eigenvalue weighted by Gasteiger charge is -2.53. The zero-order chi connectivity index (χ0) is 34.1. The summed E-state index contributed by atoms with van der Waals surface area (Å²) in [5, 5.41) is 0. The number of piperidine rings is 2. The number of benzene rings is 1. The minimum absolute atomic E-state index is 0.0610. The first-order chi connectivity index (χ1) is 20.6. The first-order valence-electron chi connectivity index (χ1n) is 16.5. The second-order valence-electron chi connectivity index (χ2n) is 15.6. The predicted molar refractivity (Wildman–Crippen MR) is 178 cm³/mol. The molecule has 0 bridgehead atoms. The van der Waals surface area contributed by atoms with Crippen LogP contribution in [0.2, 0.25) is 0 Å². The summed E-state index contributed by atoms with van der Waals surface area (Å²) in [5.41, 5.74) is -2.27. The number of hydrogen-bond donors (Lipinski definition) is 0. The summed E-state index contributed by atoms with van der Waals surface area (Å²) in [6.45, 7) is 20.6. The highest BCUT2D eigenvalue weighted by Gasteiger charge is 2.57.